The van der Waals surface area contributed by atoms with Crippen molar-refractivity contribution in [2.45, 2.75) is 0 Å². The third-order valence-electron chi connectivity index (χ3n) is 4.09. The fraction of sp³-hybridized carbons (Fsp3) is 0.200. The number of ether oxygens (including phenoxy) is 4. The molecule has 1 heterocycles. The summed E-state index contributed by atoms with van der Waals surface area (Å²) in [6.07, 6.45) is 0. The van der Waals surface area contributed by atoms with Crippen molar-refractivity contribution in [3.05, 3.63) is 46.8 Å². The fourth-order valence-electron chi connectivity index (χ4n) is 2.74. The van der Waals surface area contributed by atoms with Crippen LogP contribution in [0.1, 0.15) is 20.0 Å². The lowest BCUT2D eigenvalue weighted by Gasteiger charge is -2.14. The SMILES string of the molecule is COC(=O)c1cc2cc(NC(=O)c3cc(OC)c(OC)c(OC)c3)ccc2s1. The van der Waals surface area contributed by atoms with Crippen molar-refractivity contribution < 1.29 is 28.5 Å². The molecule has 0 atom stereocenters. The maximum Gasteiger partial charge on any atom is 0.348 e. The van der Waals surface area contributed by atoms with Crippen molar-refractivity contribution >= 4 is 39.0 Å². The summed E-state index contributed by atoms with van der Waals surface area (Å²) in [4.78, 5) is 24.9. The molecular weight excluding hydrogens is 382 g/mol. The molecule has 146 valence electrons. The number of methoxy groups -OCH3 is 4. The van der Waals surface area contributed by atoms with E-state index in [-0.39, 0.29) is 11.9 Å². The van der Waals surface area contributed by atoms with Gasteiger partial charge in [-0.3, -0.25) is 4.79 Å². The Morgan fingerprint density at radius 3 is 2.14 bits per heavy atom. The van der Waals surface area contributed by atoms with E-state index in [0.717, 1.165) is 10.1 Å². The number of rotatable bonds is 6. The monoisotopic (exact) mass is 401 g/mol. The summed E-state index contributed by atoms with van der Waals surface area (Å²) in [6.45, 7) is 0. The number of amides is 1. The zero-order valence-corrected chi connectivity index (χ0v) is 16.6. The molecule has 2 aromatic carbocycles. The highest BCUT2D eigenvalue weighted by Gasteiger charge is 2.17. The van der Waals surface area contributed by atoms with Gasteiger partial charge < -0.3 is 24.3 Å². The molecule has 0 spiro atoms. The maximum atomic E-state index is 12.7. The summed E-state index contributed by atoms with van der Waals surface area (Å²) in [7, 11) is 5.82. The van der Waals surface area contributed by atoms with Gasteiger partial charge in [-0.25, -0.2) is 4.79 Å². The van der Waals surface area contributed by atoms with Crippen molar-refractivity contribution in [3.63, 3.8) is 0 Å². The molecule has 0 fully saturated rings. The first-order valence-electron chi connectivity index (χ1n) is 8.24. The van der Waals surface area contributed by atoms with E-state index in [0.29, 0.717) is 33.4 Å². The summed E-state index contributed by atoms with van der Waals surface area (Å²) in [6, 6.07) is 10.3. The Hall–Kier alpha value is -3.26. The summed E-state index contributed by atoms with van der Waals surface area (Å²) < 4.78 is 21.5. The third kappa shape index (κ3) is 3.72. The molecule has 1 aromatic heterocycles. The molecule has 0 unspecified atom stereocenters. The Morgan fingerprint density at radius 2 is 1.57 bits per heavy atom. The second-order valence-electron chi connectivity index (χ2n) is 5.72. The summed E-state index contributed by atoms with van der Waals surface area (Å²) >= 11 is 1.33. The van der Waals surface area contributed by atoms with Crippen LogP contribution in [0.3, 0.4) is 0 Å². The molecule has 3 rings (SSSR count). The number of benzene rings is 2. The average Bonchev–Trinajstić information content (AvgIpc) is 3.15. The minimum atomic E-state index is -0.385. The quantitative estimate of drug-likeness (QED) is 0.630. The number of anilines is 1. The Balaban J connectivity index is 1.89. The predicted molar refractivity (Wildman–Crippen MR) is 107 cm³/mol. The second-order valence-corrected chi connectivity index (χ2v) is 6.81. The number of thiophene rings is 1. The molecular formula is C20H19NO6S. The summed E-state index contributed by atoms with van der Waals surface area (Å²) in [5.41, 5.74) is 0.954. The molecule has 0 radical (unpaired) electrons. The lowest BCUT2D eigenvalue weighted by molar-refractivity contribution is 0.0606. The van der Waals surface area contributed by atoms with Crippen molar-refractivity contribution in [2.75, 3.05) is 33.8 Å². The van der Waals surface area contributed by atoms with Gasteiger partial charge in [0.05, 0.1) is 28.4 Å². The van der Waals surface area contributed by atoms with Gasteiger partial charge in [0.1, 0.15) is 4.88 Å². The molecule has 0 aliphatic rings. The first kappa shape index (κ1) is 19.5. The predicted octanol–water partition coefficient (Wildman–Crippen LogP) is 3.97. The van der Waals surface area contributed by atoms with E-state index in [1.54, 1.807) is 30.3 Å². The lowest BCUT2D eigenvalue weighted by atomic mass is 10.1. The molecule has 0 saturated heterocycles. The molecule has 0 saturated carbocycles. The molecule has 0 bridgehead atoms. The number of esters is 1. The van der Waals surface area contributed by atoms with Gasteiger partial charge in [-0.2, -0.15) is 0 Å². The maximum absolute atomic E-state index is 12.7. The van der Waals surface area contributed by atoms with Gasteiger partial charge in [0.25, 0.3) is 5.91 Å². The minimum absolute atomic E-state index is 0.331. The van der Waals surface area contributed by atoms with Crippen LogP contribution in [-0.2, 0) is 4.74 Å². The van der Waals surface area contributed by atoms with Gasteiger partial charge in [-0.05, 0) is 41.8 Å². The van der Waals surface area contributed by atoms with E-state index < -0.39 is 0 Å². The molecule has 3 aromatic rings. The third-order valence-corrected chi connectivity index (χ3v) is 5.18. The van der Waals surface area contributed by atoms with Gasteiger partial charge in [-0.1, -0.05) is 0 Å². The van der Waals surface area contributed by atoms with Crippen LogP contribution in [-0.4, -0.2) is 40.3 Å². The van der Waals surface area contributed by atoms with Gasteiger partial charge in [0, 0.05) is 16.0 Å². The van der Waals surface area contributed by atoms with E-state index in [4.69, 9.17) is 18.9 Å². The molecule has 0 aliphatic carbocycles. The highest BCUT2D eigenvalue weighted by atomic mass is 32.1. The number of nitrogens with one attached hydrogen (secondary N) is 1. The normalized spacial score (nSPS) is 10.4. The van der Waals surface area contributed by atoms with E-state index in [1.807, 2.05) is 6.07 Å². The Labute approximate surface area is 165 Å². The van der Waals surface area contributed by atoms with Gasteiger partial charge in [0.15, 0.2) is 11.5 Å². The minimum Gasteiger partial charge on any atom is -0.493 e. The topological polar surface area (TPSA) is 83.1 Å². The smallest absolute Gasteiger partial charge is 0.348 e. The Kier molecular flexibility index (Phi) is 5.70. The fourth-order valence-corrected chi connectivity index (χ4v) is 3.70. The zero-order valence-electron chi connectivity index (χ0n) is 15.8. The standard InChI is InChI=1S/C20H19NO6S/c1-24-14-8-12(9-15(25-2)18(14)26-3)19(22)21-13-5-6-16-11(7-13)10-17(28-16)20(23)27-4/h5-10H,1-4H3,(H,21,22). The van der Waals surface area contributed by atoms with E-state index in [2.05, 4.69) is 5.32 Å². The number of hydrogen-bond acceptors (Lipinski definition) is 7. The van der Waals surface area contributed by atoms with Gasteiger partial charge >= 0.3 is 5.97 Å². The first-order chi connectivity index (χ1) is 13.5. The van der Waals surface area contributed by atoms with Gasteiger partial charge in [0.2, 0.25) is 5.75 Å². The second kappa shape index (κ2) is 8.18. The molecule has 1 amide bonds. The first-order valence-corrected chi connectivity index (χ1v) is 9.05. The van der Waals surface area contributed by atoms with E-state index in [1.165, 1.54) is 39.8 Å². The van der Waals surface area contributed by atoms with Crippen LogP contribution >= 0.6 is 11.3 Å². The van der Waals surface area contributed by atoms with Crippen molar-refractivity contribution in [2.24, 2.45) is 0 Å². The van der Waals surface area contributed by atoms with Crippen molar-refractivity contribution in [3.8, 4) is 17.2 Å². The van der Waals surface area contributed by atoms with Crippen molar-refractivity contribution in [1.29, 1.82) is 0 Å². The van der Waals surface area contributed by atoms with Crippen LogP contribution in [0.25, 0.3) is 10.1 Å². The molecule has 0 aliphatic heterocycles. The number of carbonyl (C=O) groups is 2. The highest BCUT2D eigenvalue weighted by Crippen LogP contribution is 2.38. The zero-order chi connectivity index (χ0) is 20.3. The highest BCUT2D eigenvalue weighted by molar-refractivity contribution is 7.20. The number of hydrogen-bond donors (Lipinski definition) is 1. The van der Waals surface area contributed by atoms with E-state index in [9.17, 15) is 9.59 Å². The van der Waals surface area contributed by atoms with Gasteiger partial charge in [-0.15, -0.1) is 11.3 Å². The van der Waals surface area contributed by atoms with Crippen LogP contribution < -0.4 is 19.5 Å². The van der Waals surface area contributed by atoms with Crippen molar-refractivity contribution in [1.82, 2.24) is 0 Å². The lowest BCUT2D eigenvalue weighted by Crippen LogP contribution is -2.12. The van der Waals surface area contributed by atoms with Crippen LogP contribution in [0.4, 0.5) is 5.69 Å². The number of carbonyl (C=O) groups excluding carboxylic acids is 2. The van der Waals surface area contributed by atoms with Crippen LogP contribution in [0.5, 0.6) is 17.2 Å². The number of fused-ring (bicyclic) bond motifs is 1. The molecule has 1 N–H and O–H groups in total. The molecule has 28 heavy (non-hydrogen) atoms. The van der Waals surface area contributed by atoms with Crippen LogP contribution in [0, 0.1) is 0 Å². The molecule has 8 heteroatoms. The van der Waals surface area contributed by atoms with Crippen LogP contribution in [0.15, 0.2) is 36.4 Å². The summed E-state index contributed by atoms with van der Waals surface area (Å²) in [5, 5.41) is 3.68. The Bertz CT molecular complexity index is 1020. The van der Waals surface area contributed by atoms with E-state index >= 15 is 0 Å². The molecule has 7 nitrogen and oxygen atoms in total. The Morgan fingerprint density at radius 1 is 0.893 bits per heavy atom. The average molecular weight is 401 g/mol. The summed E-state index contributed by atoms with van der Waals surface area (Å²) in [5.74, 6) is 0.480. The largest absolute Gasteiger partial charge is 0.493 e. The van der Waals surface area contributed by atoms with Crippen LogP contribution in [0.2, 0.25) is 0 Å².